The highest BCUT2D eigenvalue weighted by Gasteiger charge is 2.35. The van der Waals surface area contributed by atoms with Crippen LogP contribution in [0.1, 0.15) is 25.7 Å². The first-order valence-corrected chi connectivity index (χ1v) is 8.43. The van der Waals surface area contributed by atoms with Crippen LogP contribution in [0, 0.1) is 0 Å². The molecule has 0 aliphatic heterocycles. The van der Waals surface area contributed by atoms with Crippen LogP contribution in [-0.2, 0) is 9.59 Å². The molecule has 0 heterocycles. The van der Waals surface area contributed by atoms with Gasteiger partial charge in [-0.2, -0.15) is 0 Å². The van der Waals surface area contributed by atoms with Crippen molar-refractivity contribution in [1.29, 1.82) is 0 Å². The molecule has 1 aliphatic rings. The van der Waals surface area contributed by atoms with Gasteiger partial charge in [0.25, 0.3) is 0 Å². The fourth-order valence-electron chi connectivity index (χ4n) is 2.65. The Balaban J connectivity index is 1.86. The fraction of sp³-hybridized carbons (Fsp3) is 0.500. The van der Waals surface area contributed by atoms with E-state index in [1.807, 2.05) is 30.0 Å². The molecule has 0 saturated heterocycles. The lowest BCUT2D eigenvalue weighted by atomic mass is 10.1. The molecule has 0 bridgehead atoms. The van der Waals surface area contributed by atoms with Gasteiger partial charge in [-0.25, -0.2) is 0 Å². The zero-order valence-electron chi connectivity index (χ0n) is 12.6. The van der Waals surface area contributed by atoms with E-state index in [1.54, 1.807) is 0 Å². The zero-order chi connectivity index (χ0) is 15.8. The Labute approximate surface area is 135 Å². The average Bonchev–Trinajstić information content (AvgIpc) is 3.00. The molecule has 22 heavy (non-hydrogen) atoms. The molecule has 2 amide bonds. The SMILES string of the molecule is NCC(=O)NCC(=O)NCC1(Sc2ccccc2)CCCC1. The van der Waals surface area contributed by atoms with Gasteiger partial charge >= 0.3 is 0 Å². The maximum Gasteiger partial charge on any atom is 0.239 e. The van der Waals surface area contributed by atoms with Crippen LogP contribution in [0.25, 0.3) is 0 Å². The Morgan fingerprint density at radius 3 is 2.41 bits per heavy atom. The first-order chi connectivity index (χ1) is 10.6. The number of rotatable bonds is 7. The van der Waals surface area contributed by atoms with Crippen molar-refractivity contribution in [2.75, 3.05) is 19.6 Å². The molecule has 0 radical (unpaired) electrons. The molecule has 1 aromatic carbocycles. The second kappa shape index (κ2) is 8.19. The van der Waals surface area contributed by atoms with Crippen LogP contribution in [0.4, 0.5) is 0 Å². The molecule has 1 aliphatic carbocycles. The molecule has 6 heteroatoms. The normalized spacial score (nSPS) is 16.2. The smallest absolute Gasteiger partial charge is 0.239 e. The third kappa shape index (κ3) is 5.03. The Morgan fingerprint density at radius 1 is 1.09 bits per heavy atom. The van der Waals surface area contributed by atoms with Crippen LogP contribution in [0.15, 0.2) is 35.2 Å². The van der Waals surface area contributed by atoms with Gasteiger partial charge in [0.15, 0.2) is 0 Å². The van der Waals surface area contributed by atoms with Gasteiger partial charge in [-0.15, -0.1) is 11.8 Å². The Bertz CT molecular complexity index is 501. The minimum absolute atomic E-state index is 0.0118. The van der Waals surface area contributed by atoms with Crippen LogP contribution >= 0.6 is 11.8 Å². The molecule has 0 aromatic heterocycles. The van der Waals surface area contributed by atoms with E-state index in [-0.39, 0.29) is 29.7 Å². The highest BCUT2D eigenvalue weighted by Crippen LogP contribution is 2.44. The number of carbonyl (C=O) groups excluding carboxylic acids is 2. The van der Waals surface area contributed by atoms with Crippen LogP contribution in [0.2, 0.25) is 0 Å². The van der Waals surface area contributed by atoms with Crippen LogP contribution in [0.5, 0.6) is 0 Å². The molecule has 2 rings (SSSR count). The largest absolute Gasteiger partial charge is 0.353 e. The summed E-state index contributed by atoms with van der Waals surface area (Å²) in [6.45, 7) is 0.521. The van der Waals surface area contributed by atoms with Gasteiger partial charge in [-0.3, -0.25) is 9.59 Å². The van der Waals surface area contributed by atoms with Crippen molar-refractivity contribution in [3.63, 3.8) is 0 Å². The van der Waals surface area contributed by atoms with Crippen molar-refractivity contribution in [1.82, 2.24) is 10.6 Å². The molecule has 0 atom stereocenters. The standard InChI is InChI=1S/C16H23N3O2S/c17-10-14(20)18-11-15(21)19-12-16(8-4-5-9-16)22-13-6-2-1-3-7-13/h1-3,6-7H,4-5,8-12,17H2,(H,18,20)(H,19,21). The van der Waals surface area contributed by atoms with Crippen LogP contribution in [-0.4, -0.2) is 36.2 Å². The molecule has 1 aromatic rings. The molecular formula is C16H23N3O2S. The summed E-state index contributed by atoms with van der Waals surface area (Å²) >= 11 is 1.85. The summed E-state index contributed by atoms with van der Waals surface area (Å²) in [4.78, 5) is 24.1. The van der Waals surface area contributed by atoms with Crippen molar-refractivity contribution < 1.29 is 9.59 Å². The molecule has 5 nitrogen and oxygen atoms in total. The van der Waals surface area contributed by atoms with Crippen LogP contribution in [0.3, 0.4) is 0 Å². The summed E-state index contributed by atoms with van der Waals surface area (Å²) in [7, 11) is 0. The minimum atomic E-state index is -0.315. The summed E-state index contributed by atoms with van der Waals surface area (Å²) in [6, 6.07) is 10.3. The summed E-state index contributed by atoms with van der Waals surface area (Å²) in [5, 5.41) is 5.44. The lowest BCUT2D eigenvalue weighted by Gasteiger charge is -2.28. The molecule has 0 spiro atoms. The van der Waals surface area contributed by atoms with Gasteiger partial charge in [-0.05, 0) is 25.0 Å². The predicted molar refractivity (Wildman–Crippen MR) is 88.6 cm³/mol. The molecule has 0 unspecified atom stereocenters. The third-order valence-electron chi connectivity index (χ3n) is 3.83. The number of nitrogens with two attached hydrogens (primary N) is 1. The van der Waals surface area contributed by atoms with Crippen molar-refractivity contribution in [3.8, 4) is 0 Å². The summed E-state index contributed by atoms with van der Waals surface area (Å²) < 4.78 is 0.0644. The van der Waals surface area contributed by atoms with E-state index in [1.165, 1.54) is 17.7 Å². The quantitative estimate of drug-likeness (QED) is 0.706. The number of hydrogen-bond acceptors (Lipinski definition) is 4. The number of nitrogens with one attached hydrogen (secondary N) is 2. The number of benzene rings is 1. The number of hydrogen-bond donors (Lipinski definition) is 3. The van der Waals surface area contributed by atoms with E-state index in [0.29, 0.717) is 6.54 Å². The predicted octanol–water partition coefficient (Wildman–Crippen LogP) is 1.28. The second-order valence-corrected chi connectivity index (χ2v) is 7.10. The Kier molecular flexibility index (Phi) is 6.27. The number of carbonyl (C=O) groups is 2. The van der Waals surface area contributed by atoms with E-state index >= 15 is 0 Å². The molecular weight excluding hydrogens is 298 g/mol. The summed E-state index contributed by atoms with van der Waals surface area (Å²) in [5.41, 5.74) is 5.19. The molecule has 4 N–H and O–H groups in total. The maximum atomic E-state index is 11.8. The zero-order valence-corrected chi connectivity index (χ0v) is 13.5. The van der Waals surface area contributed by atoms with Crippen molar-refractivity contribution in [2.24, 2.45) is 5.73 Å². The second-order valence-electron chi connectivity index (χ2n) is 5.56. The minimum Gasteiger partial charge on any atom is -0.353 e. The first kappa shape index (κ1) is 16.8. The monoisotopic (exact) mass is 321 g/mol. The van der Waals surface area contributed by atoms with E-state index in [0.717, 1.165) is 12.8 Å². The molecule has 1 fully saturated rings. The topological polar surface area (TPSA) is 84.2 Å². The van der Waals surface area contributed by atoms with Gasteiger partial charge in [-0.1, -0.05) is 31.0 Å². The fourth-order valence-corrected chi connectivity index (χ4v) is 4.08. The van der Waals surface area contributed by atoms with Gasteiger partial charge in [0.2, 0.25) is 11.8 Å². The lowest BCUT2D eigenvalue weighted by molar-refractivity contribution is -0.125. The van der Waals surface area contributed by atoms with E-state index < -0.39 is 0 Å². The third-order valence-corrected chi connectivity index (χ3v) is 5.33. The van der Waals surface area contributed by atoms with Gasteiger partial charge in [0.1, 0.15) is 0 Å². The Morgan fingerprint density at radius 2 is 1.77 bits per heavy atom. The highest BCUT2D eigenvalue weighted by molar-refractivity contribution is 8.00. The van der Waals surface area contributed by atoms with Crippen molar-refractivity contribution in [2.45, 2.75) is 35.3 Å². The van der Waals surface area contributed by atoms with E-state index in [4.69, 9.17) is 5.73 Å². The van der Waals surface area contributed by atoms with Crippen molar-refractivity contribution in [3.05, 3.63) is 30.3 Å². The summed E-state index contributed by atoms with van der Waals surface area (Å²) in [6.07, 6.45) is 4.59. The maximum absolute atomic E-state index is 11.8. The molecule has 120 valence electrons. The van der Waals surface area contributed by atoms with Gasteiger partial charge in [0.05, 0.1) is 13.1 Å². The van der Waals surface area contributed by atoms with Gasteiger partial charge < -0.3 is 16.4 Å². The highest BCUT2D eigenvalue weighted by atomic mass is 32.2. The first-order valence-electron chi connectivity index (χ1n) is 7.61. The van der Waals surface area contributed by atoms with E-state index in [2.05, 4.69) is 22.8 Å². The lowest BCUT2D eigenvalue weighted by Crippen LogP contribution is -2.44. The Hall–Kier alpha value is -1.53. The molecule has 1 saturated carbocycles. The van der Waals surface area contributed by atoms with Crippen molar-refractivity contribution >= 4 is 23.6 Å². The van der Waals surface area contributed by atoms with E-state index in [9.17, 15) is 9.59 Å². The van der Waals surface area contributed by atoms with Crippen LogP contribution < -0.4 is 16.4 Å². The number of thioether (sulfide) groups is 1. The van der Waals surface area contributed by atoms with Gasteiger partial charge in [0, 0.05) is 16.2 Å². The summed E-state index contributed by atoms with van der Waals surface area (Å²) in [5.74, 6) is -0.480. The number of amides is 2. The average molecular weight is 321 g/mol.